The molecule has 102 valence electrons. The predicted molar refractivity (Wildman–Crippen MR) is 71.8 cm³/mol. The summed E-state index contributed by atoms with van der Waals surface area (Å²) in [6, 6.07) is 0. The minimum absolute atomic E-state index is 0.0482. The fraction of sp³-hybridized carbons (Fsp3) is 0.846. The number of carbonyl (C=O) groups is 2. The molecule has 0 rings (SSSR count). The highest BCUT2D eigenvalue weighted by Crippen LogP contribution is 1.87. The average molecular weight is 244 g/mol. The Bertz CT molecular complexity index is 174. The Labute approximate surface area is 106 Å². The largest absolute Gasteiger partial charge is 0.356 e. The van der Waals surface area contributed by atoms with Gasteiger partial charge in [-0.15, -0.1) is 0 Å². The molecule has 17 heavy (non-hydrogen) atoms. The number of rotatable bonds is 8. The van der Waals surface area contributed by atoms with Crippen LogP contribution in [0.4, 0.5) is 0 Å². The highest BCUT2D eigenvalue weighted by atomic mass is 16.2. The predicted octanol–water partition coefficient (Wildman–Crippen LogP) is 2.24. The molecule has 0 unspecified atom stereocenters. The summed E-state index contributed by atoms with van der Waals surface area (Å²) in [4.78, 5) is 22.4. The van der Waals surface area contributed by atoms with Gasteiger partial charge in [0.25, 0.3) is 0 Å². The van der Waals surface area contributed by atoms with Crippen LogP contribution < -0.4 is 10.6 Å². The third-order valence-electron chi connectivity index (χ3n) is 2.03. The van der Waals surface area contributed by atoms with Gasteiger partial charge >= 0.3 is 0 Å². The lowest BCUT2D eigenvalue weighted by molar-refractivity contribution is -0.129. The third-order valence-corrected chi connectivity index (χ3v) is 2.03. The second-order valence-corrected chi connectivity index (χ2v) is 3.58. The quantitative estimate of drug-likeness (QED) is 0.508. The van der Waals surface area contributed by atoms with Gasteiger partial charge in [-0.2, -0.15) is 0 Å². The van der Waals surface area contributed by atoms with Crippen molar-refractivity contribution in [1.82, 2.24) is 10.6 Å². The summed E-state index contributed by atoms with van der Waals surface area (Å²) >= 11 is 0. The zero-order chi connectivity index (χ0) is 13.5. The SMILES string of the molecule is CC.CCCCNC(=O)CC(=O)NCCCC. The molecule has 0 atom stereocenters. The van der Waals surface area contributed by atoms with Crippen LogP contribution in [0.3, 0.4) is 0 Å². The van der Waals surface area contributed by atoms with E-state index in [2.05, 4.69) is 24.5 Å². The fourth-order valence-corrected chi connectivity index (χ4v) is 1.08. The Balaban J connectivity index is 0. The van der Waals surface area contributed by atoms with Crippen LogP contribution in [-0.2, 0) is 9.59 Å². The number of carbonyl (C=O) groups excluding carboxylic acids is 2. The topological polar surface area (TPSA) is 58.2 Å². The molecule has 2 amide bonds. The van der Waals surface area contributed by atoms with Crippen molar-refractivity contribution in [2.75, 3.05) is 13.1 Å². The van der Waals surface area contributed by atoms with Gasteiger partial charge in [-0.05, 0) is 12.8 Å². The molecule has 0 aromatic rings. The summed E-state index contributed by atoms with van der Waals surface area (Å²) in [5.41, 5.74) is 0. The van der Waals surface area contributed by atoms with Gasteiger partial charge in [0.2, 0.25) is 11.8 Å². The van der Waals surface area contributed by atoms with Crippen molar-refractivity contribution in [3.63, 3.8) is 0 Å². The Morgan fingerprint density at radius 1 is 0.824 bits per heavy atom. The summed E-state index contributed by atoms with van der Waals surface area (Å²) in [5, 5.41) is 5.41. The fourth-order valence-electron chi connectivity index (χ4n) is 1.08. The lowest BCUT2D eigenvalue weighted by Crippen LogP contribution is -2.32. The van der Waals surface area contributed by atoms with E-state index in [9.17, 15) is 9.59 Å². The van der Waals surface area contributed by atoms with Crippen molar-refractivity contribution in [1.29, 1.82) is 0 Å². The molecule has 4 nitrogen and oxygen atoms in total. The van der Waals surface area contributed by atoms with Gasteiger partial charge in [-0.25, -0.2) is 0 Å². The van der Waals surface area contributed by atoms with Gasteiger partial charge in [-0.3, -0.25) is 9.59 Å². The molecule has 0 bridgehead atoms. The molecule has 0 fully saturated rings. The summed E-state index contributed by atoms with van der Waals surface area (Å²) in [5.74, 6) is -0.366. The molecular formula is C13H28N2O2. The zero-order valence-electron chi connectivity index (χ0n) is 11.8. The van der Waals surface area contributed by atoms with Gasteiger partial charge < -0.3 is 10.6 Å². The second kappa shape index (κ2) is 14.9. The lowest BCUT2D eigenvalue weighted by Gasteiger charge is -2.05. The van der Waals surface area contributed by atoms with Gasteiger partial charge in [0, 0.05) is 13.1 Å². The first-order valence-electron chi connectivity index (χ1n) is 6.74. The second-order valence-electron chi connectivity index (χ2n) is 3.58. The van der Waals surface area contributed by atoms with E-state index in [0.717, 1.165) is 25.7 Å². The number of unbranched alkanes of at least 4 members (excludes halogenated alkanes) is 2. The summed E-state index contributed by atoms with van der Waals surface area (Å²) in [7, 11) is 0. The van der Waals surface area contributed by atoms with Crippen LogP contribution in [0.25, 0.3) is 0 Å². The van der Waals surface area contributed by atoms with E-state index in [1.165, 1.54) is 0 Å². The van der Waals surface area contributed by atoms with Crippen molar-refractivity contribution in [2.45, 2.75) is 59.8 Å². The molecule has 0 aromatic carbocycles. The Morgan fingerprint density at radius 3 is 1.47 bits per heavy atom. The Kier molecular flexibility index (Phi) is 16.1. The van der Waals surface area contributed by atoms with E-state index in [1.807, 2.05) is 13.8 Å². The number of hydrogen-bond donors (Lipinski definition) is 2. The van der Waals surface area contributed by atoms with Crippen LogP contribution in [0.2, 0.25) is 0 Å². The van der Waals surface area contributed by atoms with Gasteiger partial charge in [0.05, 0.1) is 0 Å². The molecule has 0 saturated heterocycles. The first-order chi connectivity index (χ1) is 8.20. The van der Waals surface area contributed by atoms with E-state index >= 15 is 0 Å². The summed E-state index contributed by atoms with van der Waals surface area (Å²) in [6.45, 7) is 9.45. The maximum Gasteiger partial charge on any atom is 0.229 e. The molecule has 0 aliphatic rings. The maximum atomic E-state index is 11.2. The van der Waals surface area contributed by atoms with E-state index in [-0.39, 0.29) is 18.2 Å². The molecule has 0 heterocycles. The van der Waals surface area contributed by atoms with Gasteiger partial charge in [-0.1, -0.05) is 40.5 Å². The van der Waals surface area contributed by atoms with Crippen LogP contribution in [0.15, 0.2) is 0 Å². The van der Waals surface area contributed by atoms with E-state index in [0.29, 0.717) is 13.1 Å². The van der Waals surface area contributed by atoms with Crippen molar-refractivity contribution in [2.24, 2.45) is 0 Å². The van der Waals surface area contributed by atoms with Crippen LogP contribution in [0, 0.1) is 0 Å². The Hall–Kier alpha value is -1.06. The molecule has 0 aromatic heterocycles. The van der Waals surface area contributed by atoms with Crippen molar-refractivity contribution in [3.8, 4) is 0 Å². The minimum Gasteiger partial charge on any atom is -0.356 e. The molecule has 0 aliphatic heterocycles. The minimum atomic E-state index is -0.183. The van der Waals surface area contributed by atoms with Crippen molar-refractivity contribution in [3.05, 3.63) is 0 Å². The molecule has 0 spiro atoms. The molecule has 0 saturated carbocycles. The Morgan fingerprint density at radius 2 is 1.18 bits per heavy atom. The van der Waals surface area contributed by atoms with E-state index in [4.69, 9.17) is 0 Å². The first-order valence-corrected chi connectivity index (χ1v) is 6.74. The summed E-state index contributed by atoms with van der Waals surface area (Å²) < 4.78 is 0. The molecular weight excluding hydrogens is 216 g/mol. The smallest absolute Gasteiger partial charge is 0.229 e. The number of amides is 2. The monoisotopic (exact) mass is 244 g/mol. The van der Waals surface area contributed by atoms with Crippen LogP contribution in [0.1, 0.15) is 59.8 Å². The van der Waals surface area contributed by atoms with Crippen LogP contribution >= 0.6 is 0 Å². The van der Waals surface area contributed by atoms with Gasteiger partial charge in [0.1, 0.15) is 6.42 Å². The average Bonchev–Trinajstić information content (AvgIpc) is 2.32. The van der Waals surface area contributed by atoms with Crippen LogP contribution in [-0.4, -0.2) is 24.9 Å². The van der Waals surface area contributed by atoms with Gasteiger partial charge in [0.15, 0.2) is 0 Å². The normalized spacial score (nSPS) is 8.94. The lowest BCUT2D eigenvalue weighted by atomic mass is 10.3. The van der Waals surface area contributed by atoms with Crippen LogP contribution in [0.5, 0.6) is 0 Å². The highest BCUT2D eigenvalue weighted by Gasteiger charge is 2.07. The standard InChI is InChI=1S/C11H22N2O2.C2H6/c1-3-5-7-12-10(14)9-11(15)13-8-6-4-2;1-2/h3-9H2,1-2H3,(H,12,14)(H,13,15);1-2H3. The molecule has 4 heteroatoms. The molecule has 2 N–H and O–H groups in total. The van der Waals surface area contributed by atoms with Crippen molar-refractivity contribution < 1.29 is 9.59 Å². The highest BCUT2D eigenvalue weighted by molar-refractivity contribution is 5.96. The molecule has 0 radical (unpaired) electrons. The third kappa shape index (κ3) is 14.9. The van der Waals surface area contributed by atoms with Crippen molar-refractivity contribution >= 4 is 11.8 Å². The summed E-state index contributed by atoms with van der Waals surface area (Å²) in [6.07, 6.45) is 3.96. The molecule has 0 aliphatic carbocycles. The first kappa shape index (κ1) is 18.3. The zero-order valence-corrected chi connectivity index (χ0v) is 11.8. The number of nitrogens with one attached hydrogen (secondary N) is 2. The number of hydrogen-bond acceptors (Lipinski definition) is 2. The van der Waals surface area contributed by atoms with E-state index < -0.39 is 0 Å². The van der Waals surface area contributed by atoms with E-state index in [1.54, 1.807) is 0 Å². The maximum absolute atomic E-state index is 11.2.